The van der Waals surface area contributed by atoms with E-state index in [1.807, 2.05) is 34.6 Å². The van der Waals surface area contributed by atoms with Gasteiger partial charge in [0.1, 0.15) is 18.1 Å². The van der Waals surface area contributed by atoms with Crippen LogP contribution in [0, 0.1) is 23.0 Å². The fourth-order valence-electron chi connectivity index (χ4n) is 4.74. The Labute approximate surface area is 277 Å². The van der Waals surface area contributed by atoms with Gasteiger partial charge < -0.3 is 42.8 Å². The molecule has 0 bridgehead atoms. The Kier molecular flexibility index (Phi) is 17.4. The zero-order valence-electron chi connectivity index (χ0n) is 28.8. The molecular formula is C32H54N8O7. The average molecular weight is 663 g/mol. The molecule has 264 valence electrons. The second kappa shape index (κ2) is 20.1. The molecule has 1 rings (SSSR count). The van der Waals surface area contributed by atoms with E-state index < -0.39 is 60.3 Å². The molecule has 0 aliphatic rings. The van der Waals surface area contributed by atoms with Crippen molar-refractivity contribution in [1.82, 2.24) is 31.9 Å². The zero-order chi connectivity index (χ0) is 35.8. The van der Waals surface area contributed by atoms with Gasteiger partial charge in [-0.1, -0.05) is 48.0 Å². The molecule has 1 aromatic heterocycles. The highest BCUT2D eigenvalue weighted by molar-refractivity contribution is 5.99. The van der Waals surface area contributed by atoms with E-state index in [-0.39, 0.29) is 41.7 Å². The molecule has 0 aliphatic carbocycles. The van der Waals surface area contributed by atoms with Crippen LogP contribution in [0.3, 0.4) is 0 Å². The standard InChI is InChI=1S/C32H54N8O7/c1-9-20(7)27(39-29(43)22-11-13-40(47)14-12-22)32(46)37-24(16-25(33)41)30(44)36-23(15-18(3)4)17-35-21(8)28(42)38-26(19(5)6)31(45)34-10-2/h11-14,18-21,23-24,26-27,35H,9-10,15-17H2,1-8H3,(H2,33,41)(H,34,45)(H,36,44)(H,37,46)(H,38,42)(H,39,43)/t20-,21-,23-,24-,26-,27-/m0/s1. The number of carbonyl (C=O) groups excluding carboxylic acids is 6. The van der Waals surface area contributed by atoms with Crippen LogP contribution in [-0.4, -0.2) is 78.7 Å². The van der Waals surface area contributed by atoms with Gasteiger partial charge in [0.15, 0.2) is 12.4 Å². The van der Waals surface area contributed by atoms with Crippen molar-refractivity contribution in [2.75, 3.05) is 13.1 Å². The monoisotopic (exact) mass is 662 g/mol. The van der Waals surface area contributed by atoms with Crippen LogP contribution in [0.2, 0.25) is 0 Å². The summed E-state index contributed by atoms with van der Waals surface area (Å²) >= 11 is 0. The first-order valence-corrected chi connectivity index (χ1v) is 16.2. The van der Waals surface area contributed by atoms with Crippen molar-refractivity contribution < 1.29 is 33.5 Å². The van der Waals surface area contributed by atoms with Gasteiger partial charge in [0.2, 0.25) is 29.5 Å². The maximum Gasteiger partial charge on any atom is 0.252 e. The smallest absolute Gasteiger partial charge is 0.252 e. The van der Waals surface area contributed by atoms with E-state index in [4.69, 9.17) is 5.73 Å². The molecule has 0 fully saturated rings. The van der Waals surface area contributed by atoms with Crippen LogP contribution in [-0.2, 0) is 24.0 Å². The van der Waals surface area contributed by atoms with Crippen molar-refractivity contribution in [3.63, 3.8) is 0 Å². The maximum absolute atomic E-state index is 13.5. The maximum atomic E-state index is 13.5. The van der Waals surface area contributed by atoms with Crippen molar-refractivity contribution in [1.29, 1.82) is 0 Å². The Morgan fingerprint density at radius 1 is 0.809 bits per heavy atom. The van der Waals surface area contributed by atoms with Gasteiger partial charge in [-0.2, -0.15) is 4.73 Å². The third-order valence-corrected chi connectivity index (χ3v) is 7.65. The van der Waals surface area contributed by atoms with Crippen molar-refractivity contribution in [2.45, 2.75) is 105 Å². The molecule has 0 aromatic carbocycles. The van der Waals surface area contributed by atoms with Crippen molar-refractivity contribution >= 4 is 35.4 Å². The van der Waals surface area contributed by atoms with Gasteiger partial charge in [-0.15, -0.1) is 0 Å². The lowest BCUT2D eigenvalue weighted by Gasteiger charge is -2.28. The largest absolute Gasteiger partial charge is 0.619 e. The van der Waals surface area contributed by atoms with E-state index in [0.717, 1.165) is 12.4 Å². The summed E-state index contributed by atoms with van der Waals surface area (Å²) in [7, 11) is 0. The highest BCUT2D eigenvalue weighted by Crippen LogP contribution is 2.11. The minimum Gasteiger partial charge on any atom is -0.619 e. The molecule has 0 aliphatic heterocycles. The molecule has 6 amide bonds. The van der Waals surface area contributed by atoms with Crippen LogP contribution in [0.15, 0.2) is 24.5 Å². The quantitative estimate of drug-likeness (QED) is 0.0717. The number of aromatic nitrogens is 1. The van der Waals surface area contributed by atoms with Gasteiger partial charge in [-0.05, 0) is 38.0 Å². The number of likely N-dealkylation sites (N-methyl/N-ethyl adjacent to an activating group) is 1. The summed E-state index contributed by atoms with van der Waals surface area (Å²) in [6, 6.07) is -1.68. The molecule has 0 spiro atoms. The molecule has 47 heavy (non-hydrogen) atoms. The number of hydrogen-bond donors (Lipinski definition) is 7. The summed E-state index contributed by atoms with van der Waals surface area (Å²) in [5.74, 6) is -3.76. The van der Waals surface area contributed by atoms with Crippen LogP contribution < -0.4 is 42.4 Å². The SMILES string of the molecule is CCNC(=O)[C@@H](NC(=O)[C@H](C)NC[C@H](CC(C)C)NC(=O)[C@H](CC(N)=O)NC(=O)[C@@H](NC(=O)c1cc[n+]([O-])cc1)[C@@H](C)CC)C(C)C. The number of amides is 6. The fourth-order valence-corrected chi connectivity index (χ4v) is 4.74. The van der Waals surface area contributed by atoms with Crippen LogP contribution in [0.5, 0.6) is 0 Å². The first-order valence-electron chi connectivity index (χ1n) is 16.2. The fraction of sp³-hybridized carbons (Fsp3) is 0.656. The molecule has 0 saturated carbocycles. The first-order chi connectivity index (χ1) is 22.0. The van der Waals surface area contributed by atoms with E-state index in [0.29, 0.717) is 24.1 Å². The van der Waals surface area contributed by atoms with Gasteiger partial charge >= 0.3 is 0 Å². The van der Waals surface area contributed by atoms with Gasteiger partial charge in [0.05, 0.1) is 18.0 Å². The van der Waals surface area contributed by atoms with Crippen molar-refractivity contribution in [2.24, 2.45) is 23.5 Å². The van der Waals surface area contributed by atoms with E-state index >= 15 is 0 Å². The minimum atomic E-state index is -1.33. The third kappa shape index (κ3) is 14.4. The Bertz CT molecular complexity index is 1210. The lowest BCUT2D eigenvalue weighted by atomic mass is 9.97. The van der Waals surface area contributed by atoms with E-state index in [9.17, 15) is 34.0 Å². The van der Waals surface area contributed by atoms with E-state index in [1.54, 1.807) is 20.8 Å². The lowest BCUT2D eigenvalue weighted by molar-refractivity contribution is -0.605. The summed E-state index contributed by atoms with van der Waals surface area (Å²) in [6.45, 7) is 15.2. The number of rotatable bonds is 20. The number of primary amides is 1. The minimum absolute atomic E-state index is 0.137. The van der Waals surface area contributed by atoms with Crippen LogP contribution in [0.25, 0.3) is 0 Å². The Hall–Kier alpha value is -4.27. The molecule has 0 unspecified atom stereocenters. The van der Waals surface area contributed by atoms with Crippen LogP contribution in [0.4, 0.5) is 0 Å². The van der Waals surface area contributed by atoms with Crippen molar-refractivity contribution in [3.05, 3.63) is 35.3 Å². The van der Waals surface area contributed by atoms with Gasteiger partial charge in [-0.3, -0.25) is 28.8 Å². The molecule has 8 N–H and O–H groups in total. The molecule has 15 heteroatoms. The topological polar surface area (TPSA) is 228 Å². The highest BCUT2D eigenvalue weighted by atomic mass is 16.5. The predicted molar refractivity (Wildman–Crippen MR) is 176 cm³/mol. The third-order valence-electron chi connectivity index (χ3n) is 7.65. The number of hydrogen-bond acceptors (Lipinski definition) is 8. The lowest BCUT2D eigenvalue weighted by Crippen LogP contribution is -2.58. The first kappa shape index (κ1) is 40.8. The summed E-state index contributed by atoms with van der Waals surface area (Å²) in [4.78, 5) is 77.0. The average Bonchev–Trinajstić information content (AvgIpc) is 2.99. The molecular weight excluding hydrogens is 608 g/mol. The summed E-state index contributed by atoms with van der Waals surface area (Å²) in [5, 5.41) is 28.1. The summed E-state index contributed by atoms with van der Waals surface area (Å²) in [6.07, 6.45) is 2.84. The Balaban J connectivity index is 3.04. The number of nitrogens with one attached hydrogen (secondary N) is 6. The second-order valence-corrected chi connectivity index (χ2v) is 12.6. The van der Waals surface area contributed by atoms with Gasteiger partial charge in [0.25, 0.3) is 5.91 Å². The Morgan fingerprint density at radius 2 is 1.43 bits per heavy atom. The summed E-state index contributed by atoms with van der Waals surface area (Å²) in [5.41, 5.74) is 5.60. The Morgan fingerprint density at radius 3 is 1.94 bits per heavy atom. The second-order valence-electron chi connectivity index (χ2n) is 12.6. The molecule has 0 saturated heterocycles. The number of nitrogens with two attached hydrogens (primary N) is 1. The normalized spacial score (nSPS) is 15.0. The number of pyridine rings is 1. The molecule has 1 aromatic rings. The molecule has 6 atom stereocenters. The molecule has 1 heterocycles. The van der Waals surface area contributed by atoms with Crippen LogP contribution in [0.1, 0.15) is 85.0 Å². The number of carbonyl (C=O) groups is 6. The summed E-state index contributed by atoms with van der Waals surface area (Å²) < 4.78 is 0.525. The number of nitrogens with zero attached hydrogens (tertiary/aromatic N) is 1. The zero-order valence-corrected chi connectivity index (χ0v) is 28.8. The van der Waals surface area contributed by atoms with Crippen LogP contribution >= 0.6 is 0 Å². The van der Waals surface area contributed by atoms with Gasteiger partial charge in [0, 0.05) is 31.3 Å². The van der Waals surface area contributed by atoms with E-state index in [1.165, 1.54) is 12.1 Å². The molecule has 0 radical (unpaired) electrons. The molecule has 15 nitrogen and oxygen atoms in total. The van der Waals surface area contributed by atoms with Crippen molar-refractivity contribution in [3.8, 4) is 0 Å². The highest BCUT2D eigenvalue weighted by Gasteiger charge is 2.32. The van der Waals surface area contributed by atoms with E-state index in [2.05, 4.69) is 31.9 Å². The predicted octanol–water partition coefficient (Wildman–Crippen LogP) is -0.389. The van der Waals surface area contributed by atoms with Gasteiger partial charge in [-0.25, -0.2) is 0 Å².